The molecule has 0 N–H and O–H groups in total. The quantitative estimate of drug-likeness (QED) is 0.375. The molecule has 1 radical (unpaired) electrons. The van der Waals surface area contributed by atoms with Gasteiger partial charge in [0.15, 0.2) is 0 Å². The molecule has 0 aromatic rings. The molecule has 0 atom stereocenters. The van der Waals surface area contributed by atoms with Crippen LogP contribution in [-0.4, -0.2) is 22.0 Å². The summed E-state index contributed by atoms with van der Waals surface area (Å²) in [4.78, 5) is 0. The lowest BCUT2D eigenvalue weighted by Gasteiger charge is -2.22. The Hall–Kier alpha value is -0.580. The van der Waals surface area contributed by atoms with Crippen molar-refractivity contribution in [2.24, 2.45) is 0 Å². The minimum absolute atomic E-state index is 2.87. The molecule has 0 amide bonds. The molecule has 0 heterocycles. The Morgan fingerprint density at radius 1 is 0.727 bits per heavy atom. The highest BCUT2D eigenvalue weighted by molar-refractivity contribution is 4.47. The van der Waals surface area contributed by atoms with Gasteiger partial charge in [-0.1, -0.05) is 26.9 Å². The minimum Gasteiger partial charge on any atom is -0.159 e. The Kier molecular flexibility index (Phi) is 3.04. The number of hydrogen-bond acceptors (Lipinski definition) is 3. The predicted molar refractivity (Wildman–Crippen MR) is 15.6 cm³/mol. The van der Waals surface area contributed by atoms with Gasteiger partial charge in [0.2, 0.25) is 0 Å². The van der Waals surface area contributed by atoms with E-state index in [0.29, 0.717) is 0 Å². The van der Waals surface area contributed by atoms with Crippen molar-refractivity contribution in [1.82, 2.24) is 16.0 Å². The second-order valence-corrected chi connectivity index (χ2v) is 1.27. The van der Waals surface area contributed by atoms with E-state index in [1.165, 1.54) is 0 Å². The van der Waals surface area contributed by atoms with Gasteiger partial charge in [-0.25, -0.2) is 0 Å². The van der Waals surface area contributed by atoms with Gasteiger partial charge in [0.05, 0.1) is 16.0 Å². The van der Waals surface area contributed by atoms with Crippen LogP contribution in [0.4, 0.5) is 26.9 Å². The van der Waals surface area contributed by atoms with E-state index in [2.05, 4.69) is 0 Å². The minimum atomic E-state index is -5.25. The zero-order valence-electron chi connectivity index (χ0n) is 4.52. The van der Waals surface area contributed by atoms with Gasteiger partial charge >= 0.3 is 5.97 Å². The van der Waals surface area contributed by atoms with Crippen LogP contribution in [0.25, 0.3) is 0 Å². The molecule has 0 spiro atoms. The van der Waals surface area contributed by atoms with Gasteiger partial charge < -0.3 is 0 Å². The van der Waals surface area contributed by atoms with Gasteiger partial charge in [0.1, 0.15) is 0 Å². The smallest absolute Gasteiger partial charge is 0.159 e. The molecule has 67 valence electrons. The van der Waals surface area contributed by atoms with Crippen molar-refractivity contribution in [3.8, 4) is 0 Å². The number of nitrogens with zero attached hydrogens (tertiary/aromatic N) is 3. The molecule has 0 bridgehead atoms. The molecular formula is CF6N3O. The first-order chi connectivity index (χ1) is 4.83. The predicted octanol–water partition coefficient (Wildman–Crippen LogP) is 1.24. The van der Waals surface area contributed by atoms with Crippen molar-refractivity contribution in [1.29, 1.82) is 0 Å². The average molecular weight is 184 g/mol. The summed E-state index contributed by atoms with van der Waals surface area (Å²) in [5.74, 6) is -5.25. The maximum absolute atomic E-state index is 11.1. The van der Waals surface area contributed by atoms with Crippen LogP contribution in [0.1, 0.15) is 0 Å². The summed E-state index contributed by atoms with van der Waals surface area (Å²) in [6.45, 7) is 0. The average Bonchev–Trinajstić information content (AvgIpc) is 1.84. The summed E-state index contributed by atoms with van der Waals surface area (Å²) in [5.41, 5.74) is 0. The first-order valence-electron chi connectivity index (χ1n) is 1.89. The van der Waals surface area contributed by atoms with E-state index in [-0.39, 0.29) is 0 Å². The largest absolute Gasteiger partial charge is 0.434 e. The summed E-state index contributed by atoms with van der Waals surface area (Å²) in [5, 5.41) is 1.13. The van der Waals surface area contributed by atoms with E-state index in [1.54, 1.807) is 0 Å². The van der Waals surface area contributed by atoms with E-state index in [1.807, 2.05) is 0 Å². The zero-order chi connectivity index (χ0) is 9.23. The van der Waals surface area contributed by atoms with E-state index >= 15 is 0 Å². The van der Waals surface area contributed by atoms with Crippen molar-refractivity contribution in [3.63, 3.8) is 0 Å². The molecule has 10 heteroatoms. The molecular weight excluding hydrogens is 184 g/mol. The van der Waals surface area contributed by atoms with Crippen molar-refractivity contribution < 1.29 is 32.0 Å². The zero-order valence-corrected chi connectivity index (χ0v) is 4.52. The van der Waals surface area contributed by atoms with Gasteiger partial charge in [0, 0.05) is 0 Å². The lowest BCUT2D eigenvalue weighted by Crippen LogP contribution is -2.55. The van der Waals surface area contributed by atoms with Gasteiger partial charge in [-0.2, -0.15) is 5.11 Å². The molecule has 0 aromatic carbocycles. The van der Waals surface area contributed by atoms with Crippen molar-refractivity contribution in [2.75, 3.05) is 0 Å². The monoisotopic (exact) mass is 184 g/mol. The van der Waals surface area contributed by atoms with Gasteiger partial charge in [-0.3, -0.25) is 0 Å². The highest BCUT2D eigenvalue weighted by Gasteiger charge is 2.56. The maximum Gasteiger partial charge on any atom is 0.434 e. The fraction of sp³-hybridized carbons (Fsp3) is 1.00. The molecule has 0 rings (SSSR count). The standard InChI is InChI=1S/CF6N3O/c2-8(3)1(11,9(4)5)10(6)7. The van der Waals surface area contributed by atoms with Crippen LogP contribution in [0.2, 0.25) is 0 Å². The second-order valence-electron chi connectivity index (χ2n) is 1.27. The molecule has 0 aliphatic carbocycles. The Labute approximate surface area is 55.4 Å². The van der Waals surface area contributed by atoms with Crippen molar-refractivity contribution in [3.05, 3.63) is 0 Å². The van der Waals surface area contributed by atoms with E-state index in [0.717, 1.165) is 0 Å². The SMILES string of the molecule is [O]C(N(F)F)(N(F)F)N(F)F. The van der Waals surface area contributed by atoms with Crippen molar-refractivity contribution in [2.45, 2.75) is 5.97 Å². The van der Waals surface area contributed by atoms with Gasteiger partial charge in [-0.15, -0.1) is 0 Å². The van der Waals surface area contributed by atoms with E-state index in [9.17, 15) is 32.0 Å². The third kappa shape index (κ3) is 1.71. The summed E-state index contributed by atoms with van der Waals surface area (Å²) >= 11 is 0. The van der Waals surface area contributed by atoms with Crippen LogP contribution in [0.15, 0.2) is 0 Å². The highest BCUT2D eigenvalue weighted by atomic mass is 19.4. The van der Waals surface area contributed by atoms with Gasteiger partial charge in [0.25, 0.3) is 0 Å². The summed E-state index contributed by atoms with van der Waals surface area (Å²) in [7, 11) is 0. The molecule has 0 fully saturated rings. The van der Waals surface area contributed by atoms with Crippen LogP contribution < -0.4 is 0 Å². The first kappa shape index (κ1) is 10.4. The molecule has 0 aromatic heterocycles. The number of rotatable bonds is 3. The summed E-state index contributed by atoms with van der Waals surface area (Å²) in [6.07, 6.45) is 0. The molecule has 0 saturated carbocycles. The second kappa shape index (κ2) is 3.21. The van der Waals surface area contributed by atoms with Crippen LogP contribution in [0.5, 0.6) is 0 Å². The molecule has 11 heavy (non-hydrogen) atoms. The third-order valence-corrected chi connectivity index (χ3v) is 0.661. The molecule has 0 unspecified atom stereocenters. The molecule has 4 nitrogen and oxygen atoms in total. The topological polar surface area (TPSA) is 29.6 Å². The molecule has 0 aliphatic heterocycles. The van der Waals surface area contributed by atoms with Gasteiger partial charge in [-0.05, 0) is 0 Å². The fourth-order valence-electron chi connectivity index (χ4n) is 0.171. The third-order valence-electron chi connectivity index (χ3n) is 0.661. The van der Waals surface area contributed by atoms with Crippen LogP contribution in [-0.2, 0) is 5.11 Å². The Morgan fingerprint density at radius 2 is 0.909 bits per heavy atom. The Balaban J connectivity index is 4.53. The summed E-state index contributed by atoms with van der Waals surface area (Å²) in [6, 6.07) is 0. The lowest BCUT2D eigenvalue weighted by atomic mass is 10.8. The molecule has 0 aliphatic rings. The first-order valence-corrected chi connectivity index (χ1v) is 1.89. The maximum atomic E-state index is 11.1. The van der Waals surface area contributed by atoms with Crippen LogP contribution in [0, 0.1) is 0 Å². The fourth-order valence-corrected chi connectivity index (χ4v) is 0.171. The molecule has 0 saturated heterocycles. The van der Waals surface area contributed by atoms with E-state index in [4.69, 9.17) is 0 Å². The van der Waals surface area contributed by atoms with E-state index < -0.39 is 22.0 Å². The van der Waals surface area contributed by atoms with Crippen LogP contribution >= 0.6 is 0 Å². The number of hydrogen-bond donors (Lipinski definition) is 0. The normalized spacial score (nSPS) is 13.6. The lowest BCUT2D eigenvalue weighted by molar-refractivity contribution is -0.561. The Morgan fingerprint density at radius 3 is 0.909 bits per heavy atom. The number of halogens is 6. The van der Waals surface area contributed by atoms with Crippen LogP contribution in [0.3, 0.4) is 0 Å². The summed E-state index contributed by atoms with van der Waals surface area (Å²) < 4.78 is 66.4. The Bertz CT molecular complexity index is 105. The van der Waals surface area contributed by atoms with Crippen molar-refractivity contribution >= 4 is 0 Å². The highest BCUT2D eigenvalue weighted by Crippen LogP contribution is 2.26.